The van der Waals surface area contributed by atoms with Gasteiger partial charge < -0.3 is 0 Å². The number of rotatable bonds is 7. The second kappa shape index (κ2) is 7.02. The van der Waals surface area contributed by atoms with Crippen molar-refractivity contribution in [3.8, 4) is 0 Å². The van der Waals surface area contributed by atoms with E-state index in [1.54, 1.807) is 0 Å². The van der Waals surface area contributed by atoms with E-state index in [2.05, 4.69) is 43.0 Å². The van der Waals surface area contributed by atoms with Crippen LogP contribution < -0.4 is 0 Å². The summed E-state index contributed by atoms with van der Waals surface area (Å²) in [7, 11) is 0. The van der Waals surface area contributed by atoms with Crippen LogP contribution in [0.3, 0.4) is 0 Å². The molecule has 4 fully saturated rings. The molecule has 0 N–H and O–H groups in total. The number of benzene rings is 1. The highest BCUT2D eigenvalue weighted by atomic mass is 19.1. The summed E-state index contributed by atoms with van der Waals surface area (Å²) < 4.78 is 13.2. The van der Waals surface area contributed by atoms with E-state index in [0.29, 0.717) is 17.9 Å². The zero-order chi connectivity index (χ0) is 17.4. The van der Waals surface area contributed by atoms with E-state index >= 15 is 0 Å². The Labute approximate surface area is 153 Å². The molecular formula is C23H34FN. The maximum atomic E-state index is 13.2. The Morgan fingerprint density at radius 3 is 2.04 bits per heavy atom. The van der Waals surface area contributed by atoms with Crippen molar-refractivity contribution in [3.05, 3.63) is 35.4 Å². The molecule has 0 heterocycles. The summed E-state index contributed by atoms with van der Waals surface area (Å²) in [6.07, 6.45) is 8.69. The van der Waals surface area contributed by atoms with Crippen LogP contribution >= 0.6 is 0 Å². The summed E-state index contributed by atoms with van der Waals surface area (Å²) in [6.45, 7) is 6.86. The molecule has 25 heavy (non-hydrogen) atoms. The van der Waals surface area contributed by atoms with Gasteiger partial charge in [-0.2, -0.15) is 0 Å². The Morgan fingerprint density at radius 1 is 1.00 bits per heavy atom. The van der Waals surface area contributed by atoms with Crippen LogP contribution in [-0.2, 0) is 6.54 Å². The summed E-state index contributed by atoms with van der Waals surface area (Å²) in [6, 6.07) is 9.00. The maximum absolute atomic E-state index is 13.2. The van der Waals surface area contributed by atoms with Gasteiger partial charge in [-0.25, -0.2) is 4.39 Å². The van der Waals surface area contributed by atoms with Gasteiger partial charge in [0.25, 0.3) is 0 Å². The van der Waals surface area contributed by atoms with Crippen molar-refractivity contribution in [1.29, 1.82) is 0 Å². The van der Waals surface area contributed by atoms with E-state index in [0.717, 1.165) is 30.8 Å². The monoisotopic (exact) mass is 343 g/mol. The van der Waals surface area contributed by atoms with Gasteiger partial charge in [-0.05, 0) is 78.7 Å². The second-order valence-corrected chi connectivity index (χ2v) is 9.71. The van der Waals surface area contributed by atoms with Gasteiger partial charge in [0.15, 0.2) is 0 Å². The summed E-state index contributed by atoms with van der Waals surface area (Å²) in [5, 5.41) is 0. The van der Waals surface area contributed by atoms with Gasteiger partial charge in [-0.3, -0.25) is 4.90 Å². The highest BCUT2D eigenvalue weighted by Crippen LogP contribution is 2.60. The number of hydrogen-bond acceptors (Lipinski definition) is 1. The average molecular weight is 344 g/mol. The molecule has 1 aromatic carbocycles. The second-order valence-electron chi connectivity index (χ2n) is 9.71. The molecule has 0 atom stereocenters. The van der Waals surface area contributed by atoms with Crippen LogP contribution in [0.15, 0.2) is 24.3 Å². The molecule has 0 aliphatic heterocycles. The van der Waals surface area contributed by atoms with E-state index in [9.17, 15) is 4.39 Å². The van der Waals surface area contributed by atoms with Crippen LogP contribution in [0.5, 0.6) is 0 Å². The zero-order valence-electron chi connectivity index (χ0n) is 16.0. The molecule has 4 saturated carbocycles. The van der Waals surface area contributed by atoms with Crippen molar-refractivity contribution in [2.24, 2.45) is 23.2 Å². The zero-order valence-corrected chi connectivity index (χ0v) is 16.0. The smallest absolute Gasteiger partial charge is 0.102 e. The van der Waals surface area contributed by atoms with Crippen LogP contribution in [-0.4, -0.2) is 24.7 Å². The lowest BCUT2D eigenvalue weighted by Crippen LogP contribution is -2.51. The molecule has 4 bridgehead atoms. The van der Waals surface area contributed by atoms with E-state index in [-0.39, 0.29) is 6.67 Å². The van der Waals surface area contributed by atoms with Gasteiger partial charge in [0, 0.05) is 19.6 Å². The lowest BCUT2D eigenvalue weighted by molar-refractivity contribution is -0.0706. The fraction of sp³-hybridized carbons (Fsp3) is 0.739. The standard InChI is InChI=1S/C23H34FN/c1-17(2)22-5-3-18(4-6-22)15-25(8-7-24)16-23-12-19-9-20(13-23)11-21(10-19)14-23/h3-6,17,19-21H,7-16H2,1-2H3. The molecule has 0 unspecified atom stereocenters. The molecule has 4 aliphatic rings. The third-order valence-corrected chi connectivity index (χ3v) is 7.18. The number of nitrogens with zero attached hydrogens (tertiary/aromatic N) is 1. The van der Waals surface area contributed by atoms with E-state index in [1.807, 2.05) is 0 Å². The third-order valence-electron chi connectivity index (χ3n) is 7.18. The molecule has 138 valence electrons. The van der Waals surface area contributed by atoms with Gasteiger partial charge in [0.05, 0.1) is 0 Å². The topological polar surface area (TPSA) is 3.24 Å². The Hall–Kier alpha value is -0.890. The van der Waals surface area contributed by atoms with Crippen LogP contribution in [0.2, 0.25) is 0 Å². The Morgan fingerprint density at radius 2 is 1.56 bits per heavy atom. The minimum atomic E-state index is -0.226. The van der Waals surface area contributed by atoms with Crippen LogP contribution in [0.4, 0.5) is 4.39 Å². The lowest BCUT2D eigenvalue weighted by Gasteiger charge is -2.58. The molecule has 0 amide bonds. The van der Waals surface area contributed by atoms with Gasteiger partial charge in [0.1, 0.15) is 6.67 Å². The first kappa shape index (κ1) is 17.5. The first-order valence-electron chi connectivity index (χ1n) is 10.4. The molecule has 1 aromatic rings. The molecule has 5 rings (SSSR count). The van der Waals surface area contributed by atoms with Gasteiger partial charge in [-0.15, -0.1) is 0 Å². The molecule has 2 heteroatoms. The Balaban J connectivity index is 1.44. The van der Waals surface area contributed by atoms with Gasteiger partial charge in [0.2, 0.25) is 0 Å². The number of halogens is 1. The van der Waals surface area contributed by atoms with Crippen LogP contribution in [0, 0.1) is 23.2 Å². The fourth-order valence-corrected chi connectivity index (χ4v) is 6.56. The molecule has 1 nitrogen and oxygen atoms in total. The number of alkyl halides is 1. The quantitative estimate of drug-likeness (QED) is 0.605. The summed E-state index contributed by atoms with van der Waals surface area (Å²) in [4.78, 5) is 2.41. The van der Waals surface area contributed by atoms with Crippen molar-refractivity contribution in [1.82, 2.24) is 4.90 Å². The molecule has 0 spiro atoms. The van der Waals surface area contributed by atoms with Crippen LogP contribution in [0.1, 0.15) is 69.4 Å². The average Bonchev–Trinajstić information content (AvgIpc) is 2.54. The van der Waals surface area contributed by atoms with Crippen molar-refractivity contribution in [3.63, 3.8) is 0 Å². The predicted molar refractivity (Wildman–Crippen MR) is 102 cm³/mol. The normalized spacial score (nSPS) is 33.6. The molecule has 0 aromatic heterocycles. The maximum Gasteiger partial charge on any atom is 0.102 e. The molecule has 0 radical (unpaired) electrons. The summed E-state index contributed by atoms with van der Waals surface area (Å²) in [5.74, 6) is 3.50. The highest BCUT2D eigenvalue weighted by Gasteiger charge is 2.51. The van der Waals surface area contributed by atoms with Crippen molar-refractivity contribution in [2.45, 2.75) is 64.8 Å². The highest BCUT2D eigenvalue weighted by molar-refractivity contribution is 5.24. The van der Waals surface area contributed by atoms with E-state index < -0.39 is 0 Å². The van der Waals surface area contributed by atoms with Gasteiger partial charge >= 0.3 is 0 Å². The Bertz CT molecular complexity index is 541. The first-order valence-corrected chi connectivity index (χ1v) is 10.4. The van der Waals surface area contributed by atoms with Crippen molar-refractivity contribution >= 4 is 0 Å². The molecule has 0 saturated heterocycles. The summed E-state index contributed by atoms with van der Waals surface area (Å²) in [5.41, 5.74) is 3.23. The van der Waals surface area contributed by atoms with E-state index in [1.165, 1.54) is 49.7 Å². The van der Waals surface area contributed by atoms with Crippen molar-refractivity contribution in [2.75, 3.05) is 19.8 Å². The van der Waals surface area contributed by atoms with Crippen molar-refractivity contribution < 1.29 is 4.39 Å². The third kappa shape index (κ3) is 3.79. The lowest BCUT2D eigenvalue weighted by atomic mass is 9.49. The molecule has 4 aliphatic carbocycles. The van der Waals surface area contributed by atoms with E-state index in [4.69, 9.17) is 0 Å². The SMILES string of the molecule is CC(C)c1ccc(CN(CCF)CC23CC4CC(CC(C4)C2)C3)cc1. The van der Waals surface area contributed by atoms with Crippen LogP contribution in [0.25, 0.3) is 0 Å². The minimum Gasteiger partial charge on any atom is -0.296 e. The minimum absolute atomic E-state index is 0.226. The Kier molecular flexibility index (Phi) is 4.92. The first-order chi connectivity index (χ1) is 12.0. The fourth-order valence-electron chi connectivity index (χ4n) is 6.56. The number of hydrogen-bond donors (Lipinski definition) is 0. The predicted octanol–water partition coefficient (Wildman–Crippen LogP) is 5.80. The summed E-state index contributed by atoms with van der Waals surface area (Å²) >= 11 is 0. The van der Waals surface area contributed by atoms with Gasteiger partial charge in [-0.1, -0.05) is 38.1 Å². The molecular weight excluding hydrogens is 309 g/mol. The largest absolute Gasteiger partial charge is 0.296 e.